The van der Waals surface area contributed by atoms with Gasteiger partial charge in [0.1, 0.15) is 5.41 Å². The highest BCUT2D eigenvalue weighted by atomic mass is 16.4. The summed E-state index contributed by atoms with van der Waals surface area (Å²) in [6, 6.07) is 4.09. The molecule has 0 radical (unpaired) electrons. The van der Waals surface area contributed by atoms with Gasteiger partial charge >= 0.3 is 5.97 Å². The number of carboxylic acids is 1. The third-order valence-corrected chi connectivity index (χ3v) is 7.02. The fraction of sp³-hybridized carbons (Fsp3) is 0.526. The van der Waals surface area contributed by atoms with Crippen LogP contribution in [0.3, 0.4) is 0 Å². The van der Waals surface area contributed by atoms with Crippen LogP contribution in [0.2, 0.25) is 0 Å². The van der Waals surface area contributed by atoms with Crippen LogP contribution in [0.1, 0.15) is 56.1 Å². The fourth-order valence-corrected chi connectivity index (χ4v) is 4.83. The first-order valence-electron chi connectivity index (χ1n) is 8.18. The monoisotopic (exact) mass is 310 g/mol. The zero-order valence-corrected chi connectivity index (χ0v) is 14.3. The predicted molar refractivity (Wildman–Crippen MR) is 88.7 cm³/mol. The minimum atomic E-state index is -0.920. The van der Waals surface area contributed by atoms with Crippen LogP contribution in [0.5, 0.6) is 0 Å². The molecule has 2 atom stereocenters. The number of rotatable bonds is 1. The van der Waals surface area contributed by atoms with Crippen molar-refractivity contribution >= 4 is 17.0 Å². The molecule has 4 heteroatoms. The summed E-state index contributed by atoms with van der Waals surface area (Å²) in [5.74, 6) is -0.762. The van der Waals surface area contributed by atoms with Crippen molar-refractivity contribution in [3.05, 3.63) is 34.6 Å². The molecule has 0 amide bonds. The van der Waals surface area contributed by atoms with Gasteiger partial charge in [-0.15, -0.1) is 0 Å². The fourth-order valence-electron chi connectivity index (χ4n) is 4.83. The Kier molecular flexibility index (Phi) is 2.49. The number of benzene rings is 1. The van der Waals surface area contributed by atoms with Gasteiger partial charge in [-0.3, -0.25) is 4.79 Å². The van der Waals surface area contributed by atoms with Gasteiger partial charge in [-0.1, -0.05) is 20.8 Å². The molecule has 1 aromatic heterocycles. The van der Waals surface area contributed by atoms with Gasteiger partial charge in [-0.2, -0.15) is 0 Å². The second-order valence-electron chi connectivity index (χ2n) is 8.01. The van der Waals surface area contributed by atoms with Crippen LogP contribution in [0.25, 0.3) is 11.0 Å². The summed E-state index contributed by atoms with van der Waals surface area (Å²) in [6.07, 6.45) is 1.49. The lowest BCUT2D eigenvalue weighted by molar-refractivity contribution is -0.148. The lowest BCUT2D eigenvalue weighted by atomic mass is 9.64. The maximum Gasteiger partial charge on any atom is 0.316 e. The molecule has 2 aliphatic rings. The average molecular weight is 310 g/mol. The molecule has 2 aromatic rings. The Morgan fingerprint density at radius 2 is 1.52 bits per heavy atom. The van der Waals surface area contributed by atoms with E-state index in [0.717, 1.165) is 28.7 Å². The molecule has 1 fully saturated rings. The number of aromatic nitrogens is 2. The molecule has 4 nitrogen and oxygen atoms in total. The zero-order chi connectivity index (χ0) is 16.8. The third kappa shape index (κ3) is 1.37. The van der Waals surface area contributed by atoms with Crippen molar-refractivity contribution in [1.29, 1.82) is 0 Å². The number of aryl methyl sites for hydroxylation is 2. The van der Waals surface area contributed by atoms with Crippen LogP contribution in [0.4, 0.5) is 0 Å². The van der Waals surface area contributed by atoms with Crippen LogP contribution < -0.4 is 0 Å². The van der Waals surface area contributed by atoms with E-state index < -0.39 is 16.8 Å². The van der Waals surface area contributed by atoms with Crippen molar-refractivity contribution in [3.8, 4) is 0 Å². The van der Waals surface area contributed by atoms with E-state index in [2.05, 4.69) is 33.8 Å². The van der Waals surface area contributed by atoms with Crippen LogP contribution in [0, 0.1) is 19.3 Å². The summed E-state index contributed by atoms with van der Waals surface area (Å²) in [5.41, 5.74) is 4.06. The molecular weight excluding hydrogens is 288 g/mol. The molecule has 120 valence electrons. The smallest absolute Gasteiger partial charge is 0.316 e. The molecular formula is C19H22N2O2. The quantitative estimate of drug-likeness (QED) is 0.873. The largest absolute Gasteiger partial charge is 0.481 e. The predicted octanol–water partition coefficient (Wildman–Crippen LogP) is 3.66. The van der Waals surface area contributed by atoms with Gasteiger partial charge in [0, 0.05) is 5.41 Å². The Bertz CT molecular complexity index is 887. The number of nitrogens with zero attached hydrogens (tertiary/aromatic N) is 2. The average Bonchev–Trinajstić information content (AvgIpc) is 2.75. The SMILES string of the molecule is Cc1cc2nc3c(nc2cc1C)[C@@]1(C(=O)O)CC[C@]3(C)C1(C)C. The van der Waals surface area contributed by atoms with E-state index in [9.17, 15) is 9.90 Å². The minimum Gasteiger partial charge on any atom is -0.481 e. The molecule has 1 aromatic carbocycles. The maximum atomic E-state index is 12.3. The lowest BCUT2D eigenvalue weighted by Crippen LogP contribution is -2.45. The van der Waals surface area contributed by atoms with Crippen molar-refractivity contribution in [1.82, 2.24) is 9.97 Å². The van der Waals surface area contributed by atoms with Gasteiger partial charge in [0.05, 0.1) is 22.4 Å². The van der Waals surface area contributed by atoms with E-state index >= 15 is 0 Å². The summed E-state index contributed by atoms with van der Waals surface area (Å²) in [7, 11) is 0. The van der Waals surface area contributed by atoms with Crippen molar-refractivity contribution in [2.75, 3.05) is 0 Å². The van der Waals surface area contributed by atoms with E-state index in [-0.39, 0.29) is 5.41 Å². The zero-order valence-electron chi connectivity index (χ0n) is 14.3. The highest BCUT2D eigenvalue weighted by molar-refractivity contribution is 5.88. The first-order valence-corrected chi connectivity index (χ1v) is 8.18. The van der Waals surface area contributed by atoms with Gasteiger partial charge in [0.25, 0.3) is 0 Å². The molecule has 0 unspecified atom stereocenters. The van der Waals surface area contributed by atoms with Crippen molar-refractivity contribution in [2.24, 2.45) is 5.41 Å². The van der Waals surface area contributed by atoms with E-state index in [0.29, 0.717) is 12.1 Å². The molecule has 1 heterocycles. The van der Waals surface area contributed by atoms with E-state index in [4.69, 9.17) is 9.97 Å². The van der Waals surface area contributed by atoms with Gasteiger partial charge in [0.15, 0.2) is 0 Å². The number of aliphatic carboxylic acids is 1. The van der Waals surface area contributed by atoms with E-state index in [1.165, 1.54) is 5.56 Å². The van der Waals surface area contributed by atoms with E-state index in [1.807, 2.05) is 13.0 Å². The number of fused-ring (bicyclic) bond motifs is 6. The Hall–Kier alpha value is -1.97. The summed E-state index contributed by atoms with van der Waals surface area (Å²) < 4.78 is 0. The van der Waals surface area contributed by atoms with Crippen molar-refractivity contribution in [3.63, 3.8) is 0 Å². The second-order valence-corrected chi connectivity index (χ2v) is 8.01. The van der Waals surface area contributed by atoms with Gasteiger partial charge in [-0.05, 0) is 55.4 Å². The topological polar surface area (TPSA) is 63.1 Å². The van der Waals surface area contributed by atoms with Crippen molar-refractivity contribution < 1.29 is 9.90 Å². The standard InChI is InChI=1S/C19H22N2O2/c1-10-8-12-13(9-11(10)2)21-15-14(20-12)18(5)6-7-19(15,16(22)23)17(18,3)4/h8-9H,6-7H2,1-5H3,(H,22,23)/t18-,19+/m0/s1. The summed E-state index contributed by atoms with van der Waals surface area (Å²) >= 11 is 0. The number of carboxylic acid groups (broad SMARTS) is 1. The summed E-state index contributed by atoms with van der Waals surface area (Å²) in [6.45, 7) is 10.4. The van der Waals surface area contributed by atoms with Crippen LogP contribution in [-0.4, -0.2) is 21.0 Å². The molecule has 0 saturated heterocycles. The third-order valence-electron chi connectivity index (χ3n) is 7.02. The highest BCUT2D eigenvalue weighted by Crippen LogP contribution is 2.70. The molecule has 23 heavy (non-hydrogen) atoms. The summed E-state index contributed by atoms with van der Waals surface area (Å²) in [4.78, 5) is 22.0. The number of carbonyl (C=O) groups is 1. The Morgan fingerprint density at radius 3 is 2.04 bits per heavy atom. The van der Waals surface area contributed by atoms with Gasteiger partial charge in [-0.25, -0.2) is 9.97 Å². The molecule has 4 rings (SSSR count). The minimum absolute atomic E-state index is 0.235. The van der Waals surface area contributed by atoms with Crippen LogP contribution >= 0.6 is 0 Å². The lowest BCUT2D eigenvalue weighted by Gasteiger charge is -2.37. The van der Waals surface area contributed by atoms with Gasteiger partial charge < -0.3 is 5.11 Å². The van der Waals surface area contributed by atoms with Crippen LogP contribution in [0.15, 0.2) is 12.1 Å². The summed E-state index contributed by atoms with van der Waals surface area (Å²) in [5, 5.41) is 10.1. The normalized spacial score (nSPS) is 30.7. The highest BCUT2D eigenvalue weighted by Gasteiger charge is 2.73. The maximum absolute atomic E-state index is 12.3. The van der Waals surface area contributed by atoms with Crippen molar-refractivity contribution in [2.45, 2.75) is 58.3 Å². The molecule has 2 aliphatic carbocycles. The number of hydrogen-bond acceptors (Lipinski definition) is 3. The molecule has 1 N–H and O–H groups in total. The van der Waals surface area contributed by atoms with Crippen LogP contribution in [-0.2, 0) is 15.6 Å². The van der Waals surface area contributed by atoms with E-state index in [1.54, 1.807) is 0 Å². The number of hydrogen-bond donors (Lipinski definition) is 1. The second kappa shape index (κ2) is 3.92. The Morgan fingerprint density at radius 1 is 1.00 bits per heavy atom. The van der Waals surface area contributed by atoms with Gasteiger partial charge in [0.2, 0.25) is 0 Å². The molecule has 2 bridgehead atoms. The first kappa shape index (κ1) is 14.6. The molecule has 0 spiro atoms. The Balaban J connectivity index is 2.13. The molecule has 0 aliphatic heterocycles. The Labute approximate surface area is 136 Å². The first-order chi connectivity index (χ1) is 10.6. The molecule has 1 saturated carbocycles.